The van der Waals surface area contributed by atoms with E-state index in [1.165, 1.54) is 4.90 Å². The van der Waals surface area contributed by atoms with Crippen LogP contribution in [0.1, 0.15) is 20.3 Å². The van der Waals surface area contributed by atoms with Crippen molar-refractivity contribution in [1.82, 2.24) is 4.90 Å². The number of aliphatic hydroxyl groups is 1. The van der Waals surface area contributed by atoms with Crippen LogP contribution in [0, 0.1) is 0 Å². The van der Waals surface area contributed by atoms with Gasteiger partial charge in [0.2, 0.25) is 5.91 Å². The van der Waals surface area contributed by atoms with Gasteiger partial charge in [-0.1, -0.05) is 0 Å². The molecule has 0 bridgehead atoms. The smallest absolute Gasteiger partial charge is 0.312 e. The quantitative estimate of drug-likeness (QED) is 0.637. The lowest BCUT2D eigenvalue weighted by atomic mass is 10.0. The van der Waals surface area contributed by atoms with Crippen molar-refractivity contribution in [3.05, 3.63) is 0 Å². The lowest BCUT2D eigenvalue weighted by Gasteiger charge is -2.42. The van der Waals surface area contributed by atoms with Gasteiger partial charge in [-0.2, -0.15) is 0 Å². The number of hydrogen-bond acceptors (Lipinski definition) is 4. The number of nitrogens with zero attached hydrogens (tertiary/aromatic N) is 1. The second-order valence-electron chi connectivity index (χ2n) is 4.53. The highest BCUT2D eigenvalue weighted by Gasteiger charge is 2.35. The first-order valence-electron chi connectivity index (χ1n) is 5.12. The second-order valence-corrected chi connectivity index (χ2v) is 4.53. The van der Waals surface area contributed by atoms with E-state index in [1.54, 1.807) is 13.8 Å². The summed E-state index contributed by atoms with van der Waals surface area (Å²) in [6.45, 7) is 4.01. The molecule has 6 nitrogen and oxygen atoms in total. The van der Waals surface area contributed by atoms with E-state index in [-0.39, 0.29) is 13.2 Å². The maximum atomic E-state index is 11.6. The normalized spacial score (nSPS) is 24.2. The van der Waals surface area contributed by atoms with E-state index in [9.17, 15) is 9.59 Å². The van der Waals surface area contributed by atoms with Crippen molar-refractivity contribution in [3.63, 3.8) is 0 Å². The number of carboxylic acid groups (broad SMARTS) is 1. The summed E-state index contributed by atoms with van der Waals surface area (Å²) in [4.78, 5) is 23.4. The number of morpholine rings is 1. The minimum absolute atomic E-state index is 0.180. The van der Waals surface area contributed by atoms with Crippen molar-refractivity contribution in [1.29, 1.82) is 0 Å². The summed E-state index contributed by atoms with van der Waals surface area (Å²) >= 11 is 0. The van der Waals surface area contributed by atoms with Crippen LogP contribution in [0.5, 0.6) is 0 Å². The van der Waals surface area contributed by atoms with Gasteiger partial charge in [0.25, 0.3) is 0 Å². The summed E-state index contributed by atoms with van der Waals surface area (Å²) in [5.74, 6) is -1.59. The zero-order valence-electron chi connectivity index (χ0n) is 9.47. The summed E-state index contributed by atoms with van der Waals surface area (Å²) in [7, 11) is 0. The van der Waals surface area contributed by atoms with Crippen molar-refractivity contribution < 1.29 is 24.5 Å². The van der Waals surface area contributed by atoms with Crippen LogP contribution in [0.15, 0.2) is 0 Å². The molecule has 0 aromatic carbocycles. The van der Waals surface area contributed by atoms with E-state index in [4.69, 9.17) is 14.9 Å². The number of amides is 1. The van der Waals surface area contributed by atoms with Gasteiger partial charge in [-0.3, -0.25) is 9.59 Å². The predicted octanol–water partition coefficient (Wildman–Crippen LogP) is -0.541. The maximum absolute atomic E-state index is 11.6. The number of rotatable bonds is 3. The molecule has 1 fully saturated rings. The Balaban J connectivity index is 2.66. The Labute approximate surface area is 93.8 Å². The van der Waals surface area contributed by atoms with Gasteiger partial charge in [-0.05, 0) is 13.8 Å². The highest BCUT2D eigenvalue weighted by molar-refractivity contribution is 5.93. The monoisotopic (exact) mass is 231 g/mol. The Bertz CT molecular complexity index is 289. The third-order valence-electron chi connectivity index (χ3n) is 2.34. The summed E-state index contributed by atoms with van der Waals surface area (Å²) in [6, 6.07) is 0. The molecular formula is C10H17NO5. The molecule has 0 saturated carbocycles. The van der Waals surface area contributed by atoms with E-state index < -0.39 is 30.0 Å². The van der Waals surface area contributed by atoms with Crippen LogP contribution in [0.25, 0.3) is 0 Å². The molecule has 1 aliphatic rings. The molecule has 1 aliphatic heterocycles. The van der Waals surface area contributed by atoms with Gasteiger partial charge in [0, 0.05) is 13.1 Å². The van der Waals surface area contributed by atoms with Crippen LogP contribution in [-0.4, -0.2) is 58.4 Å². The Hall–Kier alpha value is -1.14. The molecule has 6 heteroatoms. The number of carboxylic acids is 1. The zero-order valence-corrected chi connectivity index (χ0v) is 9.47. The maximum Gasteiger partial charge on any atom is 0.312 e. The van der Waals surface area contributed by atoms with Crippen molar-refractivity contribution >= 4 is 11.9 Å². The van der Waals surface area contributed by atoms with Gasteiger partial charge < -0.3 is 19.8 Å². The van der Waals surface area contributed by atoms with Crippen molar-refractivity contribution in [2.75, 3.05) is 19.7 Å². The summed E-state index contributed by atoms with van der Waals surface area (Å²) in [5.41, 5.74) is -0.556. The fourth-order valence-electron chi connectivity index (χ4n) is 1.82. The van der Waals surface area contributed by atoms with E-state index >= 15 is 0 Å². The fraction of sp³-hybridized carbons (Fsp3) is 0.800. The lowest BCUT2D eigenvalue weighted by molar-refractivity contribution is -0.168. The molecule has 16 heavy (non-hydrogen) atoms. The van der Waals surface area contributed by atoms with Crippen LogP contribution in [0.2, 0.25) is 0 Å². The van der Waals surface area contributed by atoms with Crippen LogP contribution in [-0.2, 0) is 14.3 Å². The van der Waals surface area contributed by atoms with Gasteiger partial charge in [0.15, 0.2) is 0 Å². The van der Waals surface area contributed by atoms with Crippen molar-refractivity contribution in [3.8, 4) is 0 Å². The van der Waals surface area contributed by atoms with Crippen LogP contribution < -0.4 is 0 Å². The number of aliphatic carboxylic acids is 1. The first-order valence-corrected chi connectivity index (χ1v) is 5.12. The minimum atomic E-state index is -1.14. The first-order chi connectivity index (χ1) is 7.34. The minimum Gasteiger partial charge on any atom is -0.481 e. The van der Waals surface area contributed by atoms with Gasteiger partial charge in [0.1, 0.15) is 6.42 Å². The largest absolute Gasteiger partial charge is 0.481 e. The molecule has 1 rings (SSSR count). The SMILES string of the molecule is CC1(C)CN(C(=O)CC(=O)O)CC(CO)O1. The Morgan fingerprint density at radius 3 is 2.62 bits per heavy atom. The van der Waals surface area contributed by atoms with Crippen LogP contribution in [0.4, 0.5) is 0 Å². The van der Waals surface area contributed by atoms with Gasteiger partial charge in [0.05, 0.1) is 18.3 Å². The third-order valence-corrected chi connectivity index (χ3v) is 2.34. The average Bonchev–Trinajstić information content (AvgIpc) is 2.14. The molecule has 1 heterocycles. The molecule has 0 aliphatic carbocycles. The molecule has 1 saturated heterocycles. The highest BCUT2D eigenvalue weighted by atomic mass is 16.5. The van der Waals surface area contributed by atoms with E-state index in [0.29, 0.717) is 6.54 Å². The Morgan fingerprint density at radius 1 is 1.50 bits per heavy atom. The van der Waals surface area contributed by atoms with E-state index in [0.717, 1.165) is 0 Å². The van der Waals surface area contributed by atoms with E-state index in [2.05, 4.69) is 0 Å². The second kappa shape index (κ2) is 4.80. The lowest BCUT2D eigenvalue weighted by Crippen LogP contribution is -2.55. The molecule has 1 atom stereocenters. The molecule has 92 valence electrons. The molecule has 0 spiro atoms. The zero-order chi connectivity index (χ0) is 12.3. The van der Waals surface area contributed by atoms with Gasteiger partial charge in [-0.25, -0.2) is 0 Å². The number of ether oxygens (including phenoxy) is 1. The average molecular weight is 231 g/mol. The van der Waals surface area contributed by atoms with Gasteiger partial charge in [-0.15, -0.1) is 0 Å². The summed E-state index contributed by atoms with van der Waals surface area (Å²) in [6.07, 6.45) is -0.963. The van der Waals surface area contributed by atoms with Crippen molar-refractivity contribution in [2.24, 2.45) is 0 Å². The third kappa shape index (κ3) is 3.46. The molecule has 0 aromatic rings. The Morgan fingerprint density at radius 2 is 2.12 bits per heavy atom. The summed E-state index contributed by atoms with van der Waals surface area (Å²) in [5, 5.41) is 17.6. The van der Waals surface area contributed by atoms with Gasteiger partial charge >= 0.3 is 5.97 Å². The predicted molar refractivity (Wildman–Crippen MR) is 54.9 cm³/mol. The van der Waals surface area contributed by atoms with Crippen molar-refractivity contribution in [2.45, 2.75) is 32.0 Å². The van der Waals surface area contributed by atoms with E-state index in [1.807, 2.05) is 0 Å². The fourth-order valence-corrected chi connectivity index (χ4v) is 1.82. The molecule has 1 amide bonds. The standard InChI is InChI=1S/C10H17NO5/c1-10(2)6-11(4-7(5-12)16-10)8(13)3-9(14)15/h7,12H,3-6H2,1-2H3,(H,14,15). The van der Waals surface area contributed by atoms with Crippen LogP contribution >= 0.6 is 0 Å². The Kier molecular flexibility index (Phi) is 3.88. The molecular weight excluding hydrogens is 214 g/mol. The molecule has 2 N–H and O–H groups in total. The molecule has 0 aromatic heterocycles. The number of carbonyl (C=O) groups excluding carboxylic acids is 1. The molecule has 1 unspecified atom stereocenters. The first kappa shape index (κ1) is 12.9. The summed E-state index contributed by atoms with van der Waals surface area (Å²) < 4.78 is 5.52. The topological polar surface area (TPSA) is 87.1 Å². The highest BCUT2D eigenvalue weighted by Crippen LogP contribution is 2.21. The number of carbonyl (C=O) groups is 2. The van der Waals surface area contributed by atoms with Crippen LogP contribution in [0.3, 0.4) is 0 Å². The molecule has 0 radical (unpaired) electrons. The number of aliphatic hydroxyl groups excluding tert-OH is 1. The number of hydrogen-bond donors (Lipinski definition) is 2.